The van der Waals surface area contributed by atoms with Crippen LogP contribution in [0.15, 0.2) is 12.3 Å². The Labute approximate surface area is 143 Å². The molecule has 0 amide bonds. The Balaban J connectivity index is 2.18. The summed E-state index contributed by atoms with van der Waals surface area (Å²) in [6, 6.07) is 0. The van der Waals surface area contributed by atoms with Crippen molar-refractivity contribution in [1.82, 2.24) is 0 Å². The lowest BCUT2D eigenvalue weighted by Gasteiger charge is -2.51. The number of aliphatic hydroxyl groups is 1. The van der Waals surface area contributed by atoms with Gasteiger partial charge in [0.2, 0.25) is 0 Å². The molecule has 1 aliphatic heterocycles. The molecule has 2 fully saturated rings. The van der Waals surface area contributed by atoms with Crippen molar-refractivity contribution in [2.75, 3.05) is 0 Å². The second-order valence-electron chi connectivity index (χ2n) is 6.94. The van der Waals surface area contributed by atoms with Gasteiger partial charge < -0.3 is 9.84 Å². The van der Waals surface area contributed by atoms with Gasteiger partial charge in [-0.15, -0.1) is 11.6 Å². The van der Waals surface area contributed by atoms with E-state index in [0.717, 1.165) is 19.3 Å². The van der Waals surface area contributed by atoms with Gasteiger partial charge in [0.05, 0.1) is 9.70 Å². The van der Waals surface area contributed by atoms with Gasteiger partial charge in [0.1, 0.15) is 17.0 Å². The van der Waals surface area contributed by atoms with Gasteiger partial charge in [-0.3, -0.25) is 0 Å². The van der Waals surface area contributed by atoms with E-state index in [0.29, 0.717) is 12.2 Å². The first-order chi connectivity index (χ1) is 8.99. The van der Waals surface area contributed by atoms with Gasteiger partial charge >= 0.3 is 0 Å². The average Bonchev–Trinajstić information content (AvgIpc) is 2.30. The molecular weight excluding hydrogens is 407 g/mol. The molecule has 2 nitrogen and oxygen atoms in total. The molecule has 2 rings (SSSR count). The Morgan fingerprint density at radius 3 is 2.45 bits per heavy atom. The van der Waals surface area contributed by atoms with E-state index in [4.69, 9.17) is 16.3 Å². The molecule has 0 unspecified atom stereocenters. The smallest absolute Gasteiger partial charge is 0.125 e. The highest BCUT2D eigenvalue weighted by atomic mass is 79.9. The van der Waals surface area contributed by atoms with Crippen LogP contribution in [-0.4, -0.2) is 30.8 Å². The van der Waals surface area contributed by atoms with Crippen molar-refractivity contribution >= 4 is 43.5 Å². The van der Waals surface area contributed by atoms with Gasteiger partial charge in [-0.2, -0.15) is 0 Å². The van der Waals surface area contributed by atoms with Gasteiger partial charge in [-0.1, -0.05) is 38.4 Å². The fourth-order valence-electron chi connectivity index (χ4n) is 3.16. The van der Waals surface area contributed by atoms with Crippen LogP contribution in [0.2, 0.25) is 0 Å². The number of ether oxygens (including phenoxy) is 1. The molecule has 0 radical (unpaired) electrons. The van der Waals surface area contributed by atoms with E-state index in [1.54, 1.807) is 0 Å². The van der Waals surface area contributed by atoms with Crippen molar-refractivity contribution in [2.24, 2.45) is 5.92 Å². The van der Waals surface area contributed by atoms with Crippen LogP contribution in [-0.2, 0) is 4.74 Å². The fraction of sp³-hybridized carbons (Fsp3) is 0.867. The van der Waals surface area contributed by atoms with Crippen LogP contribution in [0.25, 0.3) is 0 Å². The van der Waals surface area contributed by atoms with Crippen molar-refractivity contribution < 1.29 is 9.84 Å². The van der Waals surface area contributed by atoms with E-state index in [1.807, 2.05) is 13.8 Å². The summed E-state index contributed by atoms with van der Waals surface area (Å²) >= 11 is 13.8. The van der Waals surface area contributed by atoms with E-state index < -0.39 is 5.60 Å². The highest BCUT2D eigenvalue weighted by Gasteiger charge is 2.53. The lowest BCUT2D eigenvalue weighted by Crippen LogP contribution is -2.56. The quantitative estimate of drug-likeness (QED) is 0.608. The molecule has 0 bridgehead atoms. The molecule has 1 saturated carbocycles. The number of alkyl halides is 3. The molecule has 20 heavy (non-hydrogen) atoms. The van der Waals surface area contributed by atoms with Gasteiger partial charge in [0, 0.05) is 4.83 Å². The van der Waals surface area contributed by atoms with Crippen LogP contribution in [0.1, 0.15) is 46.5 Å². The third-order valence-corrected chi connectivity index (χ3v) is 8.44. The maximum atomic E-state index is 11.1. The number of halogens is 3. The van der Waals surface area contributed by atoms with Crippen molar-refractivity contribution in [3.05, 3.63) is 12.3 Å². The summed E-state index contributed by atoms with van der Waals surface area (Å²) in [5.74, 6) is 0.628. The Morgan fingerprint density at radius 1 is 1.30 bits per heavy atom. The van der Waals surface area contributed by atoms with E-state index in [-0.39, 0.29) is 26.0 Å². The van der Waals surface area contributed by atoms with Gasteiger partial charge in [-0.25, -0.2) is 0 Å². The van der Waals surface area contributed by atoms with Crippen molar-refractivity contribution in [3.8, 4) is 0 Å². The molecule has 2 aliphatic rings. The number of rotatable bonds is 1. The molecule has 5 heteroatoms. The third-order valence-electron chi connectivity index (χ3n) is 4.92. The zero-order chi connectivity index (χ0) is 15.3. The van der Waals surface area contributed by atoms with Crippen LogP contribution >= 0.6 is 43.5 Å². The largest absolute Gasteiger partial charge is 0.489 e. The zero-order valence-electron chi connectivity index (χ0n) is 12.3. The van der Waals surface area contributed by atoms with Gasteiger partial charge in [0.15, 0.2) is 0 Å². The van der Waals surface area contributed by atoms with E-state index in [1.165, 1.54) is 0 Å². The van der Waals surface area contributed by atoms with Crippen LogP contribution in [0.4, 0.5) is 0 Å². The highest BCUT2D eigenvalue weighted by molar-refractivity contribution is 9.09. The fourth-order valence-corrected chi connectivity index (χ4v) is 4.62. The third kappa shape index (κ3) is 2.95. The minimum Gasteiger partial charge on any atom is -0.489 e. The molecule has 0 aromatic heterocycles. The Hall–Kier alpha value is 0.750. The van der Waals surface area contributed by atoms with E-state index >= 15 is 0 Å². The summed E-state index contributed by atoms with van der Waals surface area (Å²) in [5.41, 5.74) is -1.31. The molecule has 1 N–H and O–H groups in total. The molecule has 0 aromatic rings. The number of hydrogen-bond acceptors (Lipinski definition) is 2. The second kappa shape index (κ2) is 5.43. The minimum absolute atomic E-state index is 0.101. The first-order valence-electron chi connectivity index (χ1n) is 7.07. The summed E-state index contributed by atoms with van der Waals surface area (Å²) in [6.07, 6.45) is 3.23. The second-order valence-corrected chi connectivity index (χ2v) is 10.0. The summed E-state index contributed by atoms with van der Waals surface area (Å²) < 4.78 is 5.90. The van der Waals surface area contributed by atoms with Crippen molar-refractivity contribution in [2.45, 2.75) is 72.2 Å². The van der Waals surface area contributed by atoms with Gasteiger partial charge in [0.25, 0.3) is 0 Å². The van der Waals surface area contributed by atoms with Crippen molar-refractivity contribution in [1.29, 1.82) is 0 Å². The van der Waals surface area contributed by atoms with E-state index in [9.17, 15) is 5.11 Å². The highest BCUT2D eigenvalue weighted by Crippen LogP contribution is 2.51. The first-order valence-corrected chi connectivity index (χ1v) is 9.28. The Kier molecular flexibility index (Phi) is 4.65. The Bertz CT molecular complexity index is 411. The van der Waals surface area contributed by atoms with Crippen LogP contribution in [0, 0.1) is 5.92 Å². The molecule has 1 saturated heterocycles. The summed E-state index contributed by atoms with van der Waals surface area (Å²) in [6.45, 7) is 10.1. The minimum atomic E-state index is -0.969. The van der Waals surface area contributed by atoms with Crippen molar-refractivity contribution in [3.63, 3.8) is 0 Å². The first kappa shape index (κ1) is 17.1. The summed E-state index contributed by atoms with van der Waals surface area (Å²) in [4.78, 5) is 0.0519. The zero-order valence-corrected chi connectivity index (χ0v) is 16.2. The molecule has 1 heterocycles. The summed E-state index contributed by atoms with van der Waals surface area (Å²) in [7, 11) is 0. The Morgan fingerprint density at radius 2 is 1.90 bits per heavy atom. The monoisotopic (exact) mass is 428 g/mol. The predicted molar refractivity (Wildman–Crippen MR) is 90.9 cm³/mol. The maximum absolute atomic E-state index is 11.1. The predicted octanol–water partition coefficient (Wildman–Crippen LogP) is 4.75. The lowest BCUT2D eigenvalue weighted by atomic mass is 9.69. The standard InChI is InChI=1S/C15H23Br2ClO2/c1-9-15(19,8-12(17)13(2,3)20-9)10-5-6-14(4,18)11(16)7-10/h10-12,19H,1,5-8H2,2-4H3/t10-,11-,12+,14-,15-/m0/s1. The SMILES string of the molecule is C=C1OC(C)(C)[C@H](Br)C[C@@]1(O)[C@H]1CC[C@](C)(Cl)[C@@H](Br)C1. The molecule has 116 valence electrons. The summed E-state index contributed by atoms with van der Waals surface area (Å²) in [5, 5.41) is 11.1. The topological polar surface area (TPSA) is 29.5 Å². The van der Waals surface area contributed by atoms with Crippen LogP contribution < -0.4 is 0 Å². The molecule has 5 atom stereocenters. The van der Waals surface area contributed by atoms with Crippen LogP contribution in [0.5, 0.6) is 0 Å². The molecule has 0 spiro atoms. The van der Waals surface area contributed by atoms with Crippen LogP contribution in [0.3, 0.4) is 0 Å². The molecular formula is C15H23Br2ClO2. The maximum Gasteiger partial charge on any atom is 0.125 e. The number of hydrogen-bond donors (Lipinski definition) is 1. The van der Waals surface area contributed by atoms with Gasteiger partial charge in [-0.05, 0) is 52.4 Å². The van der Waals surface area contributed by atoms with E-state index in [2.05, 4.69) is 45.4 Å². The average molecular weight is 431 g/mol. The lowest BCUT2D eigenvalue weighted by molar-refractivity contribution is -0.126. The molecule has 1 aliphatic carbocycles. The normalized spacial score (nSPS) is 48.8. The molecule has 0 aromatic carbocycles.